The van der Waals surface area contributed by atoms with Gasteiger partial charge in [-0.05, 0) is 54.7 Å². The van der Waals surface area contributed by atoms with Crippen molar-refractivity contribution in [3.8, 4) is 0 Å². The van der Waals surface area contributed by atoms with Crippen LogP contribution in [0.5, 0.6) is 0 Å². The van der Waals surface area contributed by atoms with Crippen molar-refractivity contribution in [1.29, 1.82) is 0 Å². The molecule has 1 aliphatic rings. The smallest absolute Gasteiger partial charge is 0.337 e. The summed E-state index contributed by atoms with van der Waals surface area (Å²) in [6.45, 7) is 1.77. The molecule has 0 aliphatic heterocycles. The first kappa shape index (κ1) is 16.7. The summed E-state index contributed by atoms with van der Waals surface area (Å²) in [4.78, 5) is 12.0. The largest absolute Gasteiger partial charge is 0.465 e. The number of carbonyl (C=O) groups excluding carboxylic acids is 1. The summed E-state index contributed by atoms with van der Waals surface area (Å²) in [5, 5.41) is 0. The van der Waals surface area contributed by atoms with Crippen molar-refractivity contribution in [2.45, 2.75) is 30.7 Å². The number of nitrogens with one attached hydrogen (secondary N) is 1. The van der Waals surface area contributed by atoms with Crippen LogP contribution in [-0.2, 0) is 21.2 Å². The Morgan fingerprint density at radius 3 is 2.67 bits per heavy atom. The number of ether oxygens (including phenoxy) is 1. The van der Waals surface area contributed by atoms with E-state index in [4.69, 9.17) is 4.74 Å². The fourth-order valence-electron chi connectivity index (χ4n) is 3.08. The summed E-state index contributed by atoms with van der Waals surface area (Å²) in [7, 11) is -2.29. The Balaban J connectivity index is 1.92. The highest BCUT2D eigenvalue weighted by atomic mass is 32.2. The normalized spacial score (nSPS) is 16.7. The van der Waals surface area contributed by atoms with Crippen molar-refractivity contribution in [3.63, 3.8) is 0 Å². The fourth-order valence-corrected chi connectivity index (χ4v) is 4.57. The van der Waals surface area contributed by atoms with E-state index in [-0.39, 0.29) is 10.9 Å². The van der Waals surface area contributed by atoms with Gasteiger partial charge in [0.1, 0.15) is 0 Å². The quantitative estimate of drug-likeness (QED) is 0.865. The molecule has 1 N–H and O–H groups in total. The lowest BCUT2D eigenvalue weighted by Gasteiger charge is -2.16. The molecule has 0 amide bonds. The zero-order chi connectivity index (χ0) is 17.3. The first-order valence-electron chi connectivity index (χ1n) is 7.71. The van der Waals surface area contributed by atoms with Gasteiger partial charge in [-0.25, -0.2) is 17.9 Å². The third-order valence-corrected chi connectivity index (χ3v) is 5.96. The maximum absolute atomic E-state index is 12.7. The van der Waals surface area contributed by atoms with Gasteiger partial charge in [0.15, 0.2) is 0 Å². The molecule has 2 aromatic rings. The number of sulfonamides is 1. The number of rotatable bonds is 4. The molecule has 24 heavy (non-hydrogen) atoms. The molecule has 6 heteroatoms. The maximum Gasteiger partial charge on any atom is 0.337 e. The number of benzene rings is 2. The van der Waals surface area contributed by atoms with Gasteiger partial charge in [-0.2, -0.15) is 0 Å². The summed E-state index contributed by atoms with van der Waals surface area (Å²) in [6.07, 6.45) is 1.45. The molecular weight excluding hydrogens is 326 g/mol. The number of aryl methyl sites for hydroxylation is 2. The second-order valence-electron chi connectivity index (χ2n) is 5.88. The molecule has 1 aliphatic carbocycles. The Morgan fingerprint density at radius 1 is 1.21 bits per heavy atom. The fraction of sp³-hybridized carbons (Fsp3) is 0.278. The molecule has 0 spiro atoms. The summed E-state index contributed by atoms with van der Waals surface area (Å²) >= 11 is 0. The first-order valence-corrected chi connectivity index (χ1v) is 9.20. The highest BCUT2D eigenvalue weighted by molar-refractivity contribution is 7.89. The molecule has 0 saturated carbocycles. The van der Waals surface area contributed by atoms with E-state index in [1.165, 1.54) is 7.11 Å². The van der Waals surface area contributed by atoms with Crippen molar-refractivity contribution < 1.29 is 17.9 Å². The second-order valence-corrected chi connectivity index (χ2v) is 7.57. The first-order chi connectivity index (χ1) is 11.4. The van der Waals surface area contributed by atoms with E-state index in [0.717, 1.165) is 17.5 Å². The second kappa shape index (κ2) is 6.37. The zero-order valence-corrected chi connectivity index (χ0v) is 14.4. The van der Waals surface area contributed by atoms with E-state index in [1.807, 2.05) is 12.1 Å². The molecule has 5 nitrogen and oxygen atoms in total. The Kier molecular flexibility index (Phi) is 4.43. The van der Waals surface area contributed by atoms with Crippen LogP contribution >= 0.6 is 0 Å². The molecule has 0 aromatic heterocycles. The molecule has 0 fully saturated rings. The Hall–Kier alpha value is -2.18. The average molecular weight is 345 g/mol. The molecule has 3 rings (SSSR count). The van der Waals surface area contributed by atoms with E-state index in [2.05, 4.69) is 4.72 Å². The number of methoxy groups -OCH3 is 1. The maximum atomic E-state index is 12.7. The van der Waals surface area contributed by atoms with Crippen LogP contribution in [0.3, 0.4) is 0 Å². The van der Waals surface area contributed by atoms with Gasteiger partial charge in [-0.15, -0.1) is 0 Å². The van der Waals surface area contributed by atoms with Crippen molar-refractivity contribution in [2.75, 3.05) is 7.11 Å². The van der Waals surface area contributed by atoms with Crippen LogP contribution in [-0.4, -0.2) is 21.5 Å². The monoisotopic (exact) mass is 345 g/mol. The van der Waals surface area contributed by atoms with Gasteiger partial charge < -0.3 is 4.74 Å². The summed E-state index contributed by atoms with van der Waals surface area (Å²) in [6, 6.07) is 11.8. The van der Waals surface area contributed by atoms with E-state index < -0.39 is 16.0 Å². The molecule has 0 bridgehead atoms. The van der Waals surface area contributed by atoms with Crippen molar-refractivity contribution in [2.24, 2.45) is 0 Å². The predicted molar refractivity (Wildman–Crippen MR) is 90.3 cm³/mol. The minimum atomic E-state index is -3.62. The standard InChI is InChI=1S/C18H19NO4S/c1-12-5-3-4-6-17(12)24(21,22)19-16-10-9-13-7-8-14(11-15(13)16)18(20)23-2/h3-8,11,16,19H,9-10H2,1-2H3/t16-/m1/s1. The molecule has 2 aromatic carbocycles. The van der Waals surface area contributed by atoms with E-state index >= 15 is 0 Å². The zero-order valence-electron chi connectivity index (χ0n) is 13.6. The Morgan fingerprint density at radius 2 is 1.96 bits per heavy atom. The highest BCUT2D eigenvalue weighted by Gasteiger charge is 2.29. The van der Waals surface area contributed by atoms with Crippen molar-refractivity contribution in [1.82, 2.24) is 4.72 Å². The SMILES string of the molecule is COC(=O)c1ccc2c(c1)[C@H](NS(=O)(=O)c1ccccc1C)CC2. The molecule has 0 radical (unpaired) electrons. The van der Waals surface area contributed by atoms with Crippen LogP contribution in [0.25, 0.3) is 0 Å². The van der Waals surface area contributed by atoms with Crippen molar-refractivity contribution in [3.05, 3.63) is 64.7 Å². The van der Waals surface area contributed by atoms with Gasteiger partial charge in [0, 0.05) is 6.04 Å². The lowest BCUT2D eigenvalue weighted by atomic mass is 10.0. The predicted octanol–water partition coefficient (Wildman–Crippen LogP) is 2.75. The molecule has 0 saturated heterocycles. The summed E-state index contributed by atoms with van der Waals surface area (Å²) in [5.41, 5.74) is 3.03. The van der Waals surface area contributed by atoms with Gasteiger partial charge in [-0.1, -0.05) is 24.3 Å². The third-order valence-electron chi connectivity index (χ3n) is 4.33. The number of hydrogen-bond acceptors (Lipinski definition) is 4. The van der Waals surface area contributed by atoms with Crippen LogP contribution in [0, 0.1) is 6.92 Å². The van der Waals surface area contributed by atoms with E-state index in [1.54, 1.807) is 37.3 Å². The summed E-state index contributed by atoms with van der Waals surface area (Å²) < 4.78 is 32.9. The lowest BCUT2D eigenvalue weighted by Crippen LogP contribution is -2.28. The van der Waals surface area contributed by atoms with Crippen LogP contribution in [0.15, 0.2) is 47.4 Å². The molecule has 0 unspecified atom stereocenters. The number of esters is 1. The van der Waals surface area contributed by atoms with Gasteiger partial charge in [0.25, 0.3) is 0 Å². The Bertz CT molecular complexity index is 890. The van der Waals surface area contributed by atoms with Crippen LogP contribution < -0.4 is 4.72 Å². The number of fused-ring (bicyclic) bond motifs is 1. The van der Waals surface area contributed by atoms with Gasteiger partial charge in [-0.3, -0.25) is 0 Å². The van der Waals surface area contributed by atoms with E-state index in [9.17, 15) is 13.2 Å². The molecule has 0 heterocycles. The van der Waals surface area contributed by atoms with Gasteiger partial charge in [0.05, 0.1) is 17.6 Å². The molecular formula is C18H19NO4S. The van der Waals surface area contributed by atoms with Crippen LogP contribution in [0.2, 0.25) is 0 Å². The number of hydrogen-bond donors (Lipinski definition) is 1. The van der Waals surface area contributed by atoms with Gasteiger partial charge in [0.2, 0.25) is 10.0 Å². The lowest BCUT2D eigenvalue weighted by molar-refractivity contribution is 0.0600. The molecule has 126 valence electrons. The average Bonchev–Trinajstić information content (AvgIpc) is 2.96. The molecule has 1 atom stereocenters. The minimum absolute atomic E-state index is 0.280. The third kappa shape index (κ3) is 3.07. The number of carbonyl (C=O) groups is 1. The van der Waals surface area contributed by atoms with Crippen molar-refractivity contribution >= 4 is 16.0 Å². The highest BCUT2D eigenvalue weighted by Crippen LogP contribution is 2.33. The topological polar surface area (TPSA) is 72.5 Å². The summed E-state index contributed by atoms with van der Waals surface area (Å²) in [5.74, 6) is -0.426. The minimum Gasteiger partial charge on any atom is -0.465 e. The van der Waals surface area contributed by atoms with Crippen LogP contribution in [0.4, 0.5) is 0 Å². The van der Waals surface area contributed by atoms with Crippen LogP contribution in [0.1, 0.15) is 39.5 Å². The Labute approximate surface area is 141 Å². The van der Waals surface area contributed by atoms with E-state index in [0.29, 0.717) is 17.5 Å². The van der Waals surface area contributed by atoms with Gasteiger partial charge >= 0.3 is 5.97 Å².